The van der Waals surface area contributed by atoms with Gasteiger partial charge in [0.1, 0.15) is 5.76 Å². The maximum atomic E-state index is 13.0. The fraction of sp³-hybridized carbons (Fsp3) is 0.0909. The summed E-state index contributed by atoms with van der Waals surface area (Å²) < 4.78 is 7.13. The van der Waals surface area contributed by atoms with Crippen molar-refractivity contribution in [3.8, 4) is 0 Å². The summed E-state index contributed by atoms with van der Waals surface area (Å²) in [6.07, 6.45) is 3.44. The molecule has 0 radical (unpaired) electrons. The molecular formula is C22H18N2O2S. The van der Waals surface area contributed by atoms with E-state index in [2.05, 4.69) is 18.7 Å². The second-order valence-electron chi connectivity index (χ2n) is 6.12. The highest BCUT2D eigenvalue weighted by Crippen LogP contribution is 2.23. The van der Waals surface area contributed by atoms with Crippen molar-refractivity contribution >= 4 is 28.7 Å². The third kappa shape index (κ3) is 3.73. The lowest BCUT2D eigenvalue weighted by molar-refractivity contribution is 0.476. The number of para-hydroxylation sites is 1. The van der Waals surface area contributed by atoms with Crippen LogP contribution in [0.2, 0.25) is 0 Å². The summed E-state index contributed by atoms with van der Waals surface area (Å²) in [6.45, 7) is 4.14. The molecule has 27 heavy (non-hydrogen) atoms. The zero-order valence-corrected chi connectivity index (χ0v) is 15.5. The zero-order valence-electron chi connectivity index (χ0n) is 14.7. The highest BCUT2D eigenvalue weighted by Gasteiger charge is 2.13. The SMILES string of the molecule is C=Cc1ccc(CSc2nc3ccccc3c(=O)n2Cc2ccco2)cc1. The van der Waals surface area contributed by atoms with Gasteiger partial charge >= 0.3 is 0 Å². The van der Waals surface area contributed by atoms with Crippen LogP contribution in [0.4, 0.5) is 0 Å². The van der Waals surface area contributed by atoms with Crippen molar-refractivity contribution in [2.75, 3.05) is 0 Å². The van der Waals surface area contributed by atoms with Gasteiger partial charge in [0, 0.05) is 5.75 Å². The summed E-state index contributed by atoms with van der Waals surface area (Å²) in [5.41, 5.74) is 2.91. The van der Waals surface area contributed by atoms with Crippen LogP contribution in [0.25, 0.3) is 17.0 Å². The first-order valence-electron chi connectivity index (χ1n) is 8.61. The maximum absolute atomic E-state index is 13.0. The summed E-state index contributed by atoms with van der Waals surface area (Å²) in [6, 6.07) is 19.3. The third-order valence-corrected chi connectivity index (χ3v) is 5.35. The minimum atomic E-state index is -0.0542. The first-order valence-corrected chi connectivity index (χ1v) is 9.59. The van der Waals surface area contributed by atoms with E-state index in [9.17, 15) is 4.79 Å². The van der Waals surface area contributed by atoms with E-state index in [1.807, 2.05) is 54.6 Å². The van der Waals surface area contributed by atoms with E-state index in [-0.39, 0.29) is 5.56 Å². The number of furan rings is 1. The first-order chi connectivity index (χ1) is 13.2. The van der Waals surface area contributed by atoms with Crippen LogP contribution in [0, 0.1) is 0 Å². The summed E-state index contributed by atoms with van der Waals surface area (Å²) in [4.78, 5) is 17.8. The molecule has 0 aliphatic carbocycles. The van der Waals surface area contributed by atoms with Crippen molar-refractivity contribution in [2.24, 2.45) is 0 Å². The molecule has 0 saturated carbocycles. The second-order valence-corrected chi connectivity index (χ2v) is 7.06. The second kappa shape index (κ2) is 7.68. The van der Waals surface area contributed by atoms with Crippen molar-refractivity contribution in [3.05, 3.63) is 101 Å². The van der Waals surface area contributed by atoms with Crippen molar-refractivity contribution in [3.63, 3.8) is 0 Å². The maximum Gasteiger partial charge on any atom is 0.262 e. The van der Waals surface area contributed by atoms with Gasteiger partial charge in [-0.15, -0.1) is 0 Å². The van der Waals surface area contributed by atoms with Gasteiger partial charge in [-0.05, 0) is 35.4 Å². The molecule has 2 aromatic carbocycles. The molecule has 2 heterocycles. The van der Waals surface area contributed by atoms with Gasteiger partial charge in [-0.2, -0.15) is 0 Å². The van der Waals surface area contributed by atoms with Gasteiger partial charge in [-0.3, -0.25) is 9.36 Å². The van der Waals surface area contributed by atoms with E-state index >= 15 is 0 Å². The van der Waals surface area contributed by atoms with E-state index in [1.165, 1.54) is 0 Å². The van der Waals surface area contributed by atoms with E-state index in [1.54, 1.807) is 22.6 Å². The molecule has 0 atom stereocenters. The fourth-order valence-electron chi connectivity index (χ4n) is 2.85. The summed E-state index contributed by atoms with van der Waals surface area (Å²) in [5.74, 6) is 1.45. The van der Waals surface area contributed by atoms with E-state index in [4.69, 9.17) is 9.40 Å². The lowest BCUT2D eigenvalue weighted by Gasteiger charge is -2.12. The fourth-order valence-corrected chi connectivity index (χ4v) is 3.81. The molecule has 0 bridgehead atoms. The molecule has 5 heteroatoms. The number of benzene rings is 2. The Labute approximate surface area is 161 Å². The van der Waals surface area contributed by atoms with Crippen LogP contribution in [0.15, 0.2) is 87.9 Å². The van der Waals surface area contributed by atoms with Gasteiger partial charge in [0.2, 0.25) is 0 Å². The summed E-state index contributed by atoms with van der Waals surface area (Å²) >= 11 is 1.55. The van der Waals surface area contributed by atoms with Crippen LogP contribution >= 0.6 is 11.8 Å². The normalized spacial score (nSPS) is 11.0. The van der Waals surface area contributed by atoms with Crippen molar-refractivity contribution < 1.29 is 4.42 Å². The number of thioether (sulfide) groups is 1. The average Bonchev–Trinajstić information content (AvgIpc) is 3.22. The predicted octanol–water partition coefficient (Wildman–Crippen LogP) is 4.97. The molecule has 0 spiro atoms. The van der Waals surface area contributed by atoms with Gasteiger partial charge < -0.3 is 4.42 Å². The van der Waals surface area contributed by atoms with Crippen LogP contribution in [0.1, 0.15) is 16.9 Å². The Hall–Kier alpha value is -3.05. The highest BCUT2D eigenvalue weighted by molar-refractivity contribution is 7.98. The van der Waals surface area contributed by atoms with Crippen LogP contribution in [-0.4, -0.2) is 9.55 Å². The minimum absolute atomic E-state index is 0.0542. The molecule has 0 fully saturated rings. The summed E-state index contributed by atoms with van der Waals surface area (Å²) in [7, 11) is 0. The third-order valence-electron chi connectivity index (χ3n) is 4.30. The molecule has 0 aliphatic heterocycles. The number of hydrogen-bond acceptors (Lipinski definition) is 4. The largest absolute Gasteiger partial charge is 0.467 e. The minimum Gasteiger partial charge on any atom is -0.467 e. The van der Waals surface area contributed by atoms with Crippen LogP contribution in [0.5, 0.6) is 0 Å². The van der Waals surface area contributed by atoms with E-state index in [0.29, 0.717) is 22.6 Å². The number of hydrogen-bond donors (Lipinski definition) is 0. The Bertz CT molecular complexity index is 1130. The predicted molar refractivity (Wildman–Crippen MR) is 110 cm³/mol. The van der Waals surface area contributed by atoms with Gasteiger partial charge in [0.15, 0.2) is 5.16 Å². The van der Waals surface area contributed by atoms with Crippen molar-refractivity contribution in [1.82, 2.24) is 9.55 Å². The molecule has 0 aliphatic rings. The number of fused-ring (bicyclic) bond motifs is 1. The lowest BCUT2D eigenvalue weighted by Crippen LogP contribution is -2.23. The molecule has 0 unspecified atom stereocenters. The van der Waals surface area contributed by atoms with E-state index in [0.717, 1.165) is 22.6 Å². The van der Waals surface area contributed by atoms with Gasteiger partial charge in [-0.1, -0.05) is 60.8 Å². The first kappa shape index (κ1) is 17.4. The Morgan fingerprint density at radius 2 is 1.89 bits per heavy atom. The number of aromatic nitrogens is 2. The zero-order chi connectivity index (χ0) is 18.6. The standard InChI is InChI=1S/C22H18N2O2S/c1-2-16-9-11-17(12-10-16)15-27-22-23-20-8-4-3-7-19(20)21(25)24(22)14-18-6-5-13-26-18/h2-13H,1,14-15H2. The van der Waals surface area contributed by atoms with Gasteiger partial charge in [-0.25, -0.2) is 4.98 Å². The lowest BCUT2D eigenvalue weighted by atomic mass is 10.1. The van der Waals surface area contributed by atoms with Crippen LogP contribution in [-0.2, 0) is 12.3 Å². The Morgan fingerprint density at radius 3 is 2.63 bits per heavy atom. The molecule has 134 valence electrons. The molecule has 4 nitrogen and oxygen atoms in total. The Balaban J connectivity index is 1.70. The Morgan fingerprint density at radius 1 is 1.07 bits per heavy atom. The molecule has 2 aromatic heterocycles. The smallest absolute Gasteiger partial charge is 0.262 e. The molecular weight excluding hydrogens is 356 g/mol. The Kier molecular flexibility index (Phi) is 4.94. The average molecular weight is 374 g/mol. The molecule has 0 N–H and O–H groups in total. The van der Waals surface area contributed by atoms with Crippen LogP contribution in [0.3, 0.4) is 0 Å². The monoisotopic (exact) mass is 374 g/mol. The quantitative estimate of drug-likeness (QED) is 0.353. The summed E-state index contributed by atoms with van der Waals surface area (Å²) in [5, 5.41) is 1.30. The topological polar surface area (TPSA) is 48.0 Å². The molecule has 0 saturated heterocycles. The van der Waals surface area contributed by atoms with Crippen LogP contribution < -0.4 is 5.56 Å². The number of nitrogens with zero attached hydrogens (tertiary/aromatic N) is 2. The highest BCUT2D eigenvalue weighted by atomic mass is 32.2. The molecule has 4 rings (SSSR count). The van der Waals surface area contributed by atoms with Gasteiger partial charge in [0.25, 0.3) is 5.56 Å². The van der Waals surface area contributed by atoms with E-state index < -0.39 is 0 Å². The van der Waals surface area contributed by atoms with Crippen molar-refractivity contribution in [1.29, 1.82) is 0 Å². The molecule has 4 aromatic rings. The number of rotatable bonds is 6. The molecule has 0 amide bonds. The van der Waals surface area contributed by atoms with Crippen molar-refractivity contribution in [2.45, 2.75) is 17.5 Å². The van der Waals surface area contributed by atoms with Gasteiger partial charge in [0.05, 0.1) is 23.7 Å².